The summed E-state index contributed by atoms with van der Waals surface area (Å²) < 4.78 is 59.0. The fraction of sp³-hybridized carbons (Fsp3) is 0.214. The van der Waals surface area contributed by atoms with Gasteiger partial charge in [0.25, 0.3) is 5.92 Å². The molecule has 1 aromatic carbocycles. The predicted molar refractivity (Wildman–Crippen MR) is 82.8 cm³/mol. The lowest BCUT2D eigenvalue weighted by Crippen LogP contribution is -2.28. The fourth-order valence-electron chi connectivity index (χ4n) is 2.31. The number of rotatable bonds is 5. The summed E-state index contributed by atoms with van der Waals surface area (Å²) in [5.74, 6) is -6.88. The van der Waals surface area contributed by atoms with Crippen LogP contribution in [0.5, 0.6) is 0 Å². The second-order valence-electron chi connectivity index (χ2n) is 4.98. The van der Waals surface area contributed by atoms with Crippen molar-refractivity contribution in [2.24, 2.45) is 0 Å². The van der Waals surface area contributed by atoms with Gasteiger partial charge in [0, 0.05) is 6.07 Å². The SMILES string of the molecule is Fc1ccc(C(Cn2cnnn2)C(F)(F)c2ccc(Br)s2)c(F)c1. The Labute approximate surface area is 146 Å². The number of hydrogen-bond donors (Lipinski definition) is 0. The van der Waals surface area contributed by atoms with Crippen LogP contribution in [-0.2, 0) is 12.5 Å². The summed E-state index contributed by atoms with van der Waals surface area (Å²) in [4.78, 5) is -0.240. The molecule has 0 bridgehead atoms. The molecule has 0 amide bonds. The van der Waals surface area contributed by atoms with Crippen LogP contribution in [0.2, 0.25) is 0 Å². The molecule has 1 atom stereocenters. The molecule has 0 radical (unpaired) electrons. The van der Waals surface area contributed by atoms with E-state index in [2.05, 4.69) is 31.5 Å². The van der Waals surface area contributed by atoms with E-state index in [1.807, 2.05) is 0 Å². The number of thiophene rings is 1. The van der Waals surface area contributed by atoms with Crippen LogP contribution in [0.25, 0.3) is 0 Å². The van der Waals surface area contributed by atoms with Crippen molar-refractivity contribution in [3.8, 4) is 0 Å². The van der Waals surface area contributed by atoms with E-state index in [9.17, 15) is 8.78 Å². The molecule has 3 rings (SSSR count). The summed E-state index contributed by atoms with van der Waals surface area (Å²) in [5.41, 5.74) is -0.304. The highest BCUT2D eigenvalue weighted by molar-refractivity contribution is 9.11. The minimum absolute atomic E-state index is 0.240. The minimum Gasteiger partial charge on any atom is -0.232 e. The third-order valence-corrected chi connectivity index (χ3v) is 5.15. The Hall–Kier alpha value is -1.81. The maximum atomic E-state index is 15.0. The van der Waals surface area contributed by atoms with Gasteiger partial charge >= 0.3 is 0 Å². The average molecular weight is 421 g/mol. The van der Waals surface area contributed by atoms with Gasteiger partial charge in [-0.1, -0.05) is 6.07 Å². The molecule has 0 fully saturated rings. The summed E-state index contributed by atoms with van der Waals surface area (Å²) in [6.07, 6.45) is 1.16. The van der Waals surface area contributed by atoms with Crippen molar-refractivity contribution in [2.45, 2.75) is 18.4 Å². The number of aromatic nitrogens is 4. The van der Waals surface area contributed by atoms with Crippen molar-refractivity contribution in [3.05, 3.63) is 62.5 Å². The van der Waals surface area contributed by atoms with Crippen LogP contribution in [0.3, 0.4) is 0 Å². The molecule has 1 unspecified atom stereocenters. The zero-order chi connectivity index (χ0) is 17.3. The fourth-order valence-corrected chi connectivity index (χ4v) is 3.72. The molecule has 0 saturated heterocycles. The van der Waals surface area contributed by atoms with Gasteiger partial charge in [0.05, 0.1) is 21.1 Å². The van der Waals surface area contributed by atoms with Crippen molar-refractivity contribution in [1.82, 2.24) is 20.2 Å². The van der Waals surface area contributed by atoms with E-state index in [-0.39, 0.29) is 17.0 Å². The van der Waals surface area contributed by atoms with Crippen molar-refractivity contribution < 1.29 is 17.6 Å². The molecule has 24 heavy (non-hydrogen) atoms. The summed E-state index contributed by atoms with van der Waals surface area (Å²) >= 11 is 3.99. The van der Waals surface area contributed by atoms with E-state index in [0.29, 0.717) is 9.85 Å². The Bertz CT molecular complexity index is 837. The molecule has 0 spiro atoms. The molecule has 126 valence electrons. The highest BCUT2D eigenvalue weighted by Gasteiger charge is 2.45. The van der Waals surface area contributed by atoms with Gasteiger partial charge in [-0.3, -0.25) is 0 Å². The summed E-state index contributed by atoms with van der Waals surface area (Å²) in [6.45, 7) is -0.363. The third kappa shape index (κ3) is 3.34. The van der Waals surface area contributed by atoms with Crippen LogP contribution >= 0.6 is 27.3 Å². The first-order valence-corrected chi connectivity index (χ1v) is 8.28. The standard InChI is InChI=1S/C14H9BrF4N4S/c15-13-4-3-12(24-13)14(18,19)10(6-23-7-20-21-22-23)9-2-1-8(16)5-11(9)17/h1-5,7,10H,6H2. The van der Waals surface area contributed by atoms with Crippen molar-refractivity contribution in [2.75, 3.05) is 0 Å². The zero-order valence-electron chi connectivity index (χ0n) is 11.8. The summed E-state index contributed by atoms with van der Waals surface area (Å²) in [5, 5.41) is 10.3. The van der Waals surface area contributed by atoms with Gasteiger partial charge in [-0.05, 0) is 50.1 Å². The van der Waals surface area contributed by atoms with Gasteiger partial charge in [0.15, 0.2) is 0 Å². The Balaban J connectivity index is 2.07. The van der Waals surface area contributed by atoms with Crippen LogP contribution in [0.4, 0.5) is 17.6 Å². The highest BCUT2D eigenvalue weighted by Crippen LogP contribution is 2.47. The molecular weight excluding hydrogens is 412 g/mol. The Kier molecular flexibility index (Phi) is 4.68. The minimum atomic E-state index is -3.40. The number of benzene rings is 1. The lowest BCUT2D eigenvalue weighted by molar-refractivity contribution is -0.0378. The van der Waals surface area contributed by atoms with E-state index in [1.165, 1.54) is 12.1 Å². The zero-order valence-corrected chi connectivity index (χ0v) is 14.2. The topological polar surface area (TPSA) is 43.6 Å². The first-order chi connectivity index (χ1) is 11.4. The van der Waals surface area contributed by atoms with Gasteiger partial charge in [-0.25, -0.2) is 13.5 Å². The van der Waals surface area contributed by atoms with Crippen LogP contribution in [-0.4, -0.2) is 20.2 Å². The average Bonchev–Trinajstić information content (AvgIpc) is 3.17. The first kappa shape index (κ1) is 17.0. The lowest BCUT2D eigenvalue weighted by atomic mass is 9.91. The number of hydrogen-bond acceptors (Lipinski definition) is 4. The molecule has 2 aromatic heterocycles. The lowest BCUT2D eigenvalue weighted by Gasteiger charge is -2.26. The quantitative estimate of drug-likeness (QED) is 0.576. The molecule has 0 N–H and O–H groups in total. The smallest absolute Gasteiger partial charge is 0.232 e. The monoisotopic (exact) mass is 420 g/mol. The van der Waals surface area contributed by atoms with Crippen molar-refractivity contribution in [3.63, 3.8) is 0 Å². The molecule has 0 saturated carbocycles. The van der Waals surface area contributed by atoms with Crippen LogP contribution in [0.1, 0.15) is 16.4 Å². The maximum absolute atomic E-state index is 15.0. The molecular formula is C14H9BrF4N4S. The molecule has 4 nitrogen and oxygen atoms in total. The molecule has 2 heterocycles. The number of alkyl halides is 2. The van der Waals surface area contributed by atoms with E-state index in [0.717, 1.165) is 34.5 Å². The first-order valence-electron chi connectivity index (χ1n) is 6.67. The Morgan fingerprint density at radius 2 is 2.00 bits per heavy atom. The Morgan fingerprint density at radius 3 is 2.58 bits per heavy atom. The molecule has 0 aliphatic carbocycles. The highest BCUT2D eigenvalue weighted by atomic mass is 79.9. The maximum Gasteiger partial charge on any atom is 0.290 e. The predicted octanol–water partition coefficient (Wildman–Crippen LogP) is 4.35. The number of tetrazole rings is 1. The van der Waals surface area contributed by atoms with Gasteiger partial charge in [0.1, 0.15) is 18.0 Å². The van der Waals surface area contributed by atoms with Gasteiger partial charge in [-0.2, -0.15) is 8.78 Å². The molecule has 0 aliphatic heterocycles. The van der Waals surface area contributed by atoms with Crippen molar-refractivity contribution in [1.29, 1.82) is 0 Å². The van der Waals surface area contributed by atoms with Gasteiger partial charge in [-0.15, -0.1) is 16.4 Å². The van der Waals surface area contributed by atoms with E-state index in [1.54, 1.807) is 0 Å². The van der Waals surface area contributed by atoms with Gasteiger partial charge < -0.3 is 0 Å². The van der Waals surface area contributed by atoms with Gasteiger partial charge in [0.2, 0.25) is 0 Å². The van der Waals surface area contributed by atoms with E-state index in [4.69, 9.17) is 0 Å². The summed E-state index contributed by atoms with van der Waals surface area (Å²) in [6, 6.07) is 5.32. The van der Waals surface area contributed by atoms with Crippen LogP contribution in [0.15, 0.2) is 40.4 Å². The Morgan fingerprint density at radius 1 is 1.21 bits per heavy atom. The molecule has 3 aromatic rings. The van der Waals surface area contributed by atoms with Crippen molar-refractivity contribution >= 4 is 27.3 Å². The van der Waals surface area contributed by atoms with Crippen LogP contribution < -0.4 is 0 Å². The molecule has 10 heteroatoms. The summed E-state index contributed by atoms with van der Waals surface area (Å²) in [7, 11) is 0. The van der Waals surface area contributed by atoms with E-state index >= 15 is 8.78 Å². The number of nitrogens with zero attached hydrogens (tertiary/aromatic N) is 4. The second-order valence-corrected chi connectivity index (χ2v) is 7.44. The van der Waals surface area contributed by atoms with E-state index < -0.39 is 23.5 Å². The van der Waals surface area contributed by atoms with Crippen LogP contribution in [0, 0.1) is 11.6 Å². The largest absolute Gasteiger partial charge is 0.290 e. The number of halogens is 5. The second kappa shape index (κ2) is 6.60. The molecule has 0 aliphatic rings. The normalized spacial score (nSPS) is 13.2. The third-order valence-electron chi connectivity index (χ3n) is 3.44.